The van der Waals surface area contributed by atoms with Crippen LogP contribution in [0.1, 0.15) is 58.8 Å². The molecule has 1 rings (SSSR count). The number of esters is 1. The van der Waals surface area contributed by atoms with Gasteiger partial charge in [-0.2, -0.15) is 0 Å². The zero-order valence-corrected chi connectivity index (χ0v) is 10.1. The van der Waals surface area contributed by atoms with Gasteiger partial charge in [-0.05, 0) is 25.2 Å². The second kappa shape index (κ2) is 6.86. The fourth-order valence-corrected chi connectivity index (χ4v) is 2.25. The van der Waals surface area contributed by atoms with Gasteiger partial charge in [0, 0.05) is 0 Å². The van der Waals surface area contributed by atoms with Crippen LogP contribution in [0, 0.1) is 11.8 Å². The first-order valence-electron chi connectivity index (χ1n) is 6.40. The second-order valence-corrected chi connectivity index (χ2v) is 4.82. The number of hydrogen-bond donors (Lipinski definition) is 0. The molecule has 0 heterocycles. The molecule has 0 saturated heterocycles. The predicted octanol–water partition coefficient (Wildman–Crippen LogP) is 3.55. The molecular formula is C13H24O2. The van der Waals surface area contributed by atoms with Gasteiger partial charge in [0.05, 0.1) is 12.5 Å². The first-order chi connectivity index (χ1) is 7.24. The van der Waals surface area contributed by atoms with Gasteiger partial charge in [0.25, 0.3) is 0 Å². The van der Waals surface area contributed by atoms with Gasteiger partial charge in [-0.15, -0.1) is 0 Å². The van der Waals surface area contributed by atoms with Crippen LogP contribution in [0.4, 0.5) is 0 Å². The van der Waals surface area contributed by atoms with Gasteiger partial charge in [0.1, 0.15) is 0 Å². The average Bonchev–Trinajstić information content (AvgIpc) is 2.27. The van der Waals surface area contributed by atoms with Gasteiger partial charge in [-0.3, -0.25) is 4.79 Å². The summed E-state index contributed by atoms with van der Waals surface area (Å²) in [5.41, 5.74) is 0. The Morgan fingerprint density at radius 3 is 2.60 bits per heavy atom. The smallest absolute Gasteiger partial charge is 0.308 e. The standard InChI is InChI=1S/C13H24O2/c1-3-7-11(2)13(14)15-10-12-8-5-4-6-9-12/h11-12H,3-10H2,1-2H3. The van der Waals surface area contributed by atoms with E-state index in [1.807, 2.05) is 6.92 Å². The van der Waals surface area contributed by atoms with Crippen molar-refractivity contribution in [1.29, 1.82) is 0 Å². The SMILES string of the molecule is CCCC(C)C(=O)OCC1CCCCC1. The van der Waals surface area contributed by atoms with Crippen molar-refractivity contribution in [2.75, 3.05) is 6.61 Å². The molecule has 0 aromatic heterocycles. The number of hydrogen-bond acceptors (Lipinski definition) is 2. The van der Waals surface area contributed by atoms with E-state index in [0.717, 1.165) is 12.8 Å². The molecule has 1 unspecified atom stereocenters. The molecule has 1 fully saturated rings. The Hall–Kier alpha value is -0.530. The summed E-state index contributed by atoms with van der Waals surface area (Å²) in [5, 5.41) is 0. The third-order valence-corrected chi connectivity index (χ3v) is 3.31. The Balaban J connectivity index is 2.14. The summed E-state index contributed by atoms with van der Waals surface area (Å²) >= 11 is 0. The second-order valence-electron chi connectivity index (χ2n) is 4.82. The minimum atomic E-state index is 0.00224. The van der Waals surface area contributed by atoms with E-state index >= 15 is 0 Å². The molecule has 0 bridgehead atoms. The van der Waals surface area contributed by atoms with Gasteiger partial charge >= 0.3 is 5.97 Å². The molecule has 1 aliphatic carbocycles. The molecule has 0 N–H and O–H groups in total. The zero-order valence-electron chi connectivity index (χ0n) is 10.1. The van der Waals surface area contributed by atoms with Crippen LogP contribution < -0.4 is 0 Å². The van der Waals surface area contributed by atoms with Gasteiger partial charge in [-0.1, -0.05) is 39.5 Å². The highest BCUT2D eigenvalue weighted by atomic mass is 16.5. The van der Waals surface area contributed by atoms with Crippen molar-refractivity contribution < 1.29 is 9.53 Å². The molecule has 2 nitrogen and oxygen atoms in total. The first-order valence-corrected chi connectivity index (χ1v) is 6.40. The van der Waals surface area contributed by atoms with Gasteiger partial charge in [-0.25, -0.2) is 0 Å². The van der Waals surface area contributed by atoms with Crippen LogP contribution in [0.2, 0.25) is 0 Å². The third kappa shape index (κ3) is 4.67. The minimum Gasteiger partial charge on any atom is -0.465 e. The summed E-state index contributed by atoms with van der Waals surface area (Å²) in [6.07, 6.45) is 8.48. The van der Waals surface area contributed by atoms with Crippen LogP contribution in [-0.2, 0) is 9.53 Å². The largest absolute Gasteiger partial charge is 0.465 e. The van der Waals surface area contributed by atoms with Crippen molar-refractivity contribution in [3.8, 4) is 0 Å². The van der Waals surface area contributed by atoms with E-state index in [0.29, 0.717) is 12.5 Å². The Morgan fingerprint density at radius 1 is 1.33 bits per heavy atom. The monoisotopic (exact) mass is 212 g/mol. The van der Waals surface area contributed by atoms with Crippen molar-refractivity contribution in [2.24, 2.45) is 11.8 Å². The summed E-state index contributed by atoms with van der Waals surface area (Å²) in [6, 6.07) is 0. The molecule has 0 radical (unpaired) electrons. The number of rotatable bonds is 5. The minimum absolute atomic E-state index is 0.00224. The maximum atomic E-state index is 11.6. The van der Waals surface area contributed by atoms with Gasteiger partial charge in [0.2, 0.25) is 0 Å². The molecule has 0 amide bonds. The molecule has 1 atom stereocenters. The summed E-state index contributed by atoms with van der Waals surface area (Å²) in [4.78, 5) is 11.6. The summed E-state index contributed by atoms with van der Waals surface area (Å²) < 4.78 is 5.36. The summed E-state index contributed by atoms with van der Waals surface area (Å²) in [5.74, 6) is 0.720. The van der Waals surface area contributed by atoms with Crippen LogP contribution in [0.3, 0.4) is 0 Å². The predicted molar refractivity (Wildman–Crippen MR) is 61.6 cm³/mol. The Kier molecular flexibility index (Phi) is 5.74. The lowest BCUT2D eigenvalue weighted by molar-refractivity contribution is -0.149. The molecule has 15 heavy (non-hydrogen) atoms. The molecule has 0 aliphatic heterocycles. The third-order valence-electron chi connectivity index (χ3n) is 3.31. The quantitative estimate of drug-likeness (QED) is 0.651. The molecule has 0 spiro atoms. The molecular weight excluding hydrogens is 188 g/mol. The van der Waals surface area contributed by atoms with E-state index in [-0.39, 0.29) is 11.9 Å². The van der Waals surface area contributed by atoms with Gasteiger partial charge < -0.3 is 4.74 Å². The van der Waals surface area contributed by atoms with Crippen molar-refractivity contribution in [3.63, 3.8) is 0 Å². The fraction of sp³-hybridized carbons (Fsp3) is 0.923. The number of carbonyl (C=O) groups excluding carboxylic acids is 1. The average molecular weight is 212 g/mol. The van der Waals surface area contributed by atoms with E-state index in [9.17, 15) is 4.79 Å². The Bertz CT molecular complexity index is 183. The highest BCUT2D eigenvalue weighted by molar-refractivity contribution is 5.71. The molecule has 0 aromatic rings. The van der Waals surface area contributed by atoms with Gasteiger partial charge in [0.15, 0.2) is 0 Å². The summed E-state index contributed by atoms with van der Waals surface area (Å²) in [6.45, 7) is 4.73. The highest BCUT2D eigenvalue weighted by Gasteiger charge is 2.18. The van der Waals surface area contributed by atoms with Crippen molar-refractivity contribution in [3.05, 3.63) is 0 Å². The van der Waals surface area contributed by atoms with Crippen molar-refractivity contribution in [2.45, 2.75) is 58.8 Å². The Labute approximate surface area is 93.4 Å². The van der Waals surface area contributed by atoms with E-state index in [1.165, 1.54) is 32.1 Å². The maximum Gasteiger partial charge on any atom is 0.308 e. The topological polar surface area (TPSA) is 26.3 Å². The fourth-order valence-electron chi connectivity index (χ4n) is 2.25. The number of ether oxygens (including phenoxy) is 1. The van der Waals surface area contributed by atoms with Crippen molar-refractivity contribution in [1.82, 2.24) is 0 Å². The van der Waals surface area contributed by atoms with E-state index in [2.05, 4.69) is 6.92 Å². The normalized spacial score (nSPS) is 19.9. The van der Waals surface area contributed by atoms with Crippen LogP contribution in [0.5, 0.6) is 0 Å². The number of carbonyl (C=O) groups is 1. The zero-order chi connectivity index (χ0) is 11.1. The lowest BCUT2D eigenvalue weighted by Gasteiger charge is -2.21. The van der Waals surface area contributed by atoms with E-state index < -0.39 is 0 Å². The van der Waals surface area contributed by atoms with Crippen LogP contribution in [0.25, 0.3) is 0 Å². The lowest BCUT2D eigenvalue weighted by Crippen LogP contribution is -2.20. The van der Waals surface area contributed by atoms with E-state index in [4.69, 9.17) is 4.74 Å². The van der Waals surface area contributed by atoms with E-state index in [1.54, 1.807) is 0 Å². The van der Waals surface area contributed by atoms with Crippen LogP contribution in [-0.4, -0.2) is 12.6 Å². The van der Waals surface area contributed by atoms with Crippen LogP contribution in [0.15, 0.2) is 0 Å². The lowest BCUT2D eigenvalue weighted by atomic mass is 9.90. The molecule has 2 heteroatoms. The van der Waals surface area contributed by atoms with Crippen molar-refractivity contribution >= 4 is 5.97 Å². The molecule has 88 valence electrons. The molecule has 1 saturated carbocycles. The first kappa shape index (κ1) is 12.5. The molecule has 1 aliphatic rings. The summed E-state index contributed by atoms with van der Waals surface area (Å²) in [7, 11) is 0. The highest BCUT2D eigenvalue weighted by Crippen LogP contribution is 2.24. The molecule has 0 aromatic carbocycles. The maximum absolute atomic E-state index is 11.6. The van der Waals surface area contributed by atoms with Crippen LogP contribution >= 0.6 is 0 Å². The Morgan fingerprint density at radius 2 is 2.00 bits per heavy atom.